The Balaban J connectivity index is 1.58. The van der Waals surface area contributed by atoms with Crippen molar-refractivity contribution in [2.75, 3.05) is 13.1 Å². The number of hydrogen-bond acceptors (Lipinski definition) is 3. The third-order valence-electron chi connectivity index (χ3n) is 5.40. The Kier molecular flexibility index (Phi) is 4.52. The molecular weight excluding hydrogens is 338 g/mol. The Labute approximate surface area is 158 Å². The number of benzene rings is 2. The Morgan fingerprint density at radius 2 is 1.78 bits per heavy atom. The monoisotopic (exact) mass is 361 g/mol. The molecule has 1 aliphatic rings. The van der Waals surface area contributed by atoms with Crippen molar-refractivity contribution >= 4 is 16.8 Å². The van der Waals surface area contributed by atoms with Gasteiger partial charge in [-0.2, -0.15) is 0 Å². The normalized spacial score (nSPS) is 15.3. The number of carbonyl (C=O) groups is 1. The summed E-state index contributed by atoms with van der Waals surface area (Å²) in [5.41, 5.74) is 2.91. The fourth-order valence-corrected chi connectivity index (χ4v) is 3.69. The summed E-state index contributed by atoms with van der Waals surface area (Å²) in [6.45, 7) is 5.58. The van der Waals surface area contributed by atoms with Gasteiger partial charge in [0.05, 0.1) is 16.8 Å². The molecule has 1 amide bonds. The van der Waals surface area contributed by atoms with Gasteiger partial charge in [-0.05, 0) is 31.5 Å². The zero-order chi connectivity index (χ0) is 19.0. The second kappa shape index (κ2) is 6.99. The van der Waals surface area contributed by atoms with E-state index in [0.29, 0.717) is 31.4 Å². The maximum Gasteiger partial charge on any atom is 0.261 e. The second-order valence-corrected chi connectivity index (χ2v) is 7.21. The molecule has 0 saturated carbocycles. The lowest BCUT2D eigenvalue weighted by molar-refractivity contribution is -0.132. The molecule has 1 aliphatic heterocycles. The molecule has 2 aromatic carbocycles. The minimum atomic E-state index is -0.199. The molecule has 1 unspecified atom stereocenters. The van der Waals surface area contributed by atoms with Crippen molar-refractivity contribution in [1.82, 2.24) is 14.5 Å². The third-order valence-corrected chi connectivity index (χ3v) is 5.40. The van der Waals surface area contributed by atoms with Crippen LogP contribution < -0.4 is 5.56 Å². The van der Waals surface area contributed by atoms with Gasteiger partial charge in [0.2, 0.25) is 5.91 Å². The molecule has 138 valence electrons. The van der Waals surface area contributed by atoms with Crippen molar-refractivity contribution in [3.8, 4) is 0 Å². The molecule has 27 heavy (non-hydrogen) atoms. The molecule has 1 atom stereocenters. The van der Waals surface area contributed by atoms with Crippen LogP contribution in [0.4, 0.5) is 0 Å². The van der Waals surface area contributed by atoms with E-state index >= 15 is 0 Å². The van der Waals surface area contributed by atoms with Gasteiger partial charge < -0.3 is 4.90 Å². The van der Waals surface area contributed by atoms with Crippen molar-refractivity contribution in [1.29, 1.82) is 0 Å². The van der Waals surface area contributed by atoms with E-state index in [0.717, 1.165) is 16.9 Å². The van der Waals surface area contributed by atoms with Crippen LogP contribution in [0.2, 0.25) is 0 Å². The van der Waals surface area contributed by atoms with E-state index in [2.05, 4.69) is 4.98 Å². The second-order valence-electron chi connectivity index (χ2n) is 7.21. The lowest BCUT2D eigenvalue weighted by Gasteiger charge is -2.24. The van der Waals surface area contributed by atoms with Crippen molar-refractivity contribution < 1.29 is 4.79 Å². The first-order valence-corrected chi connectivity index (χ1v) is 9.38. The van der Waals surface area contributed by atoms with Gasteiger partial charge in [0.15, 0.2) is 0 Å². The van der Waals surface area contributed by atoms with Gasteiger partial charge in [0, 0.05) is 26.1 Å². The lowest BCUT2D eigenvalue weighted by atomic mass is 9.98. The van der Waals surface area contributed by atoms with Crippen LogP contribution >= 0.6 is 0 Å². The van der Waals surface area contributed by atoms with Crippen LogP contribution in [-0.4, -0.2) is 33.4 Å². The first-order chi connectivity index (χ1) is 13.0. The minimum Gasteiger partial charge on any atom is -0.340 e. The quantitative estimate of drug-likeness (QED) is 0.705. The Morgan fingerprint density at radius 3 is 2.56 bits per heavy atom. The maximum absolute atomic E-state index is 13.0. The van der Waals surface area contributed by atoms with Crippen molar-refractivity contribution in [2.45, 2.75) is 32.7 Å². The van der Waals surface area contributed by atoms with Crippen LogP contribution in [0.25, 0.3) is 10.9 Å². The summed E-state index contributed by atoms with van der Waals surface area (Å²) in [7, 11) is 0. The summed E-state index contributed by atoms with van der Waals surface area (Å²) < 4.78 is 1.73. The topological polar surface area (TPSA) is 55.2 Å². The van der Waals surface area contributed by atoms with E-state index in [1.54, 1.807) is 4.57 Å². The molecule has 2 heterocycles. The van der Waals surface area contributed by atoms with Gasteiger partial charge in [-0.3, -0.25) is 14.2 Å². The fraction of sp³-hybridized carbons (Fsp3) is 0.318. The Hall–Kier alpha value is -2.95. The molecule has 0 N–H and O–H groups in total. The Morgan fingerprint density at radius 1 is 1.04 bits per heavy atom. The predicted octanol–water partition coefficient (Wildman–Crippen LogP) is 2.89. The summed E-state index contributed by atoms with van der Waals surface area (Å²) in [6.07, 6.45) is 0.590. The average Bonchev–Trinajstić information content (AvgIpc) is 2.90. The van der Waals surface area contributed by atoms with Crippen molar-refractivity contribution in [2.24, 2.45) is 0 Å². The number of para-hydroxylation sites is 1. The van der Waals surface area contributed by atoms with E-state index in [-0.39, 0.29) is 17.4 Å². The SMILES string of the molecule is Cc1ccc(C(C)C(=O)N2CCc3nc4ccccc4c(=O)n3CC2)cc1. The average molecular weight is 361 g/mol. The van der Waals surface area contributed by atoms with Gasteiger partial charge in [-0.25, -0.2) is 4.98 Å². The Bertz CT molecular complexity index is 1050. The highest BCUT2D eigenvalue weighted by molar-refractivity contribution is 5.83. The van der Waals surface area contributed by atoms with Crippen LogP contribution in [0, 0.1) is 6.92 Å². The first kappa shape index (κ1) is 17.5. The fourth-order valence-electron chi connectivity index (χ4n) is 3.69. The first-order valence-electron chi connectivity index (χ1n) is 9.38. The molecule has 3 aromatic rings. The summed E-state index contributed by atoms with van der Waals surface area (Å²) in [5.74, 6) is 0.664. The number of hydrogen-bond donors (Lipinski definition) is 0. The van der Waals surface area contributed by atoms with Gasteiger partial charge in [-0.15, -0.1) is 0 Å². The number of fused-ring (bicyclic) bond motifs is 2. The van der Waals surface area contributed by atoms with Crippen molar-refractivity contribution in [3.05, 3.63) is 75.8 Å². The molecule has 5 heteroatoms. The van der Waals surface area contributed by atoms with Crippen LogP contribution in [0.1, 0.15) is 29.8 Å². The van der Waals surface area contributed by atoms with Crippen LogP contribution in [0.15, 0.2) is 53.3 Å². The van der Waals surface area contributed by atoms with E-state index in [1.807, 2.05) is 67.3 Å². The molecule has 0 bridgehead atoms. The van der Waals surface area contributed by atoms with Gasteiger partial charge in [-0.1, -0.05) is 42.0 Å². The summed E-state index contributed by atoms with van der Waals surface area (Å²) in [6, 6.07) is 15.5. The molecule has 1 aromatic heterocycles. The van der Waals surface area contributed by atoms with Crippen LogP contribution in [-0.2, 0) is 17.8 Å². The van der Waals surface area contributed by atoms with E-state index in [1.165, 1.54) is 5.56 Å². The molecule has 0 fully saturated rings. The maximum atomic E-state index is 13.0. The third kappa shape index (κ3) is 3.25. The number of aryl methyl sites for hydroxylation is 1. The predicted molar refractivity (Wildman–Crippen MR) is 106 cm³/mol. The number of amides is 1. The summed E-state index contributed by atoms with van der Waals surface area (Å²) in [5, 5.41) is 0.633. The number of aromatic nitrogens is 2. The van der Waals surface area contributed by atoms with E-state index in [4.69, 9.17) is 0 Å². The molecule has 0 saturated heterocycles. The lowest BCUT2D eigenvalue weighted by Crippen LogP contribution is -2.37. The molecule has 4 rings (SSSR count). The van der Waals surface area contributed by atoms with E-state index < -0.39 is 0 Å². The molecule has 0 radical (unpaired) electrons. The molecule has 5 nitrogen and oxygen atoms in total. The highest BCUT2D eigenvalue weighted by Crippen LogP contribution is 2.20. The number of rotatable bonds is 2. The molecular formula is C22H23N3O2. The molecule has 0 spiro atoms. The van der Waals surface area contributed by atoms with Gasteiger partial charge in [0.25, 0.3) is 5.56 Å². The standard InChI is InChI=1S/C22H23N3O2/c1-15-7-9-17(10-8-15)16(2)21(26)24-12-11-20-23-19-6-4-3-5-18(19)22(27)25(20)14-13-24/h3-10,16H,11-14H2,1-2H3. The smallest absolute Gasteiger partial charge is 0.261 e. The highest BCUT2D eigenvalue weighted by Gasteiger charge is 2.25. The van der Waals surface area contributed by atoms with Gasteiger partial charge >= 0.3 is 0 Å². The number of carbonyl (C=O) groups excluding carboxylic acids is 1. The zero-order valence-corrected chi connectivity index (χ0v) is 15.7. The van der Waals surface area contributed by atoms with Crippen LogP contribution in [0.3, 0.4) is 0 Å². The minimum absolute atomic E-state index is 0.0171. The summed E-state index contributed by atoms with van der Waals surface area (Å²) in [4.78, 5) is 32.4. The van der Waals surface area contributed by atoms with Crippen LogP contribution in [0.5, 0.6) is 0 Å². The molecule has 0 aliphatic carbocycles. The summed E-state index contributed by atoms with van der Waals surface area (Å²) >= 11 is 0. The van der Waals surface area contributed by atoms with E-state index in [9.17, 15) is 9.59 Å². The highest BCUT2D eigenvalue weighted by atomic mass is 16.2. The number of nitrogens with zero attached hydrogens (tertiary/aromatic N) is 3. The van der Waals surface area contributed by atoms with Gasteiger partial charge in [0.1, 0.15) is 5.82 Å². The zero-order valence-electron chi connectivity index (χ0n) is 15.7. The largest absolute Gasteiger partial charge is 0.340 e. The van der Waals surface area contributed by atoms with Crippen molar-refractivity contribution in [3.63, 3.8) is 0 Å².